The average molecular weight is 414 g/mol. The summed E-state index contributed by atoms with van der Waals surface area (Å²) in [6.07, 6.45) is 0. The molecular weight excluding hydrogens is 390 g/mol. The van der Waals surface area contributed by atoms with E-state index in [1.807, 2.05) is 0 Å². The van der Waals surface area contributed by atoms with Gasteiger partial charge in [0.15, 0.2) is 0 Å². The van der Waals surface area contributed by atoms with E-state index in [2.05, 4.69) is 10.0 Å². The second-order valence-electron chi connectivity index (χ2n) is 6.50. The van der Waals surface area contributed by atoms with E-state index in [9.17, 15) is 13.2 Å². The van der Waals surface area contributed by atoms with Gasteiger partial charge in [0.05, 0.1) is 17.7 Å². The average Bonchev–Trinajstić information content (AvgIpc) is 2.59. The number of benzene rings is 2. The van der Waals surface area contributed by atoms with Crippen LogP contribution in [0.3, 0.4) is 0 Å². The molecule has 0 heterocycles. The van der Waals surface area contributed by atoms with Crippen molar-refractivity contribution >= 4 is 34.0 Å². The molecule has 148 valence electrons. The van der Waals surface area contributed by atoms with Crippen LogP contribution in [0.2, 0.25) is 0 Å². The van der Waals surface area contributed by atoms with Gasteiger partial charge in [-0.25, -0.2) is 8.42 Å². The zero-order chi connectivity index (χ0) is 19.4. The molecule has 1 amide bonds. The molecule has 0 aromatic heterocycles. The molecule has 0 radical (unpaired) electrons. The molecule has 0 aliphatic heterocycles. The Labute approximate surface area is 165 Å². The number of ether oxygens (including phenoxy) is 1. The number of amides is 1. The molecule has 0 fully saturated rings. The van der Waals surface area contributed by atoms with Gasteiger partial charge in [0.2, 0.25) is 0 Å². The van der Waals surface area contributed by atoms with Gasteiger partial charge < -0.3 is 15.8 Å². The van der Waals surface area contributed by atoms with Gasteiger partial charge in [-0.05, 0) is 44.2 Å². The van der Waals surface area contributed by atoms with Crippen LogP contribution in [0, 0.1) is 0 Å². The summed E-state index contributed by atoms with van der Waals surface area (Å²) >= 11 is 0. The number of halogens is 1. The predicted molar refractivity (Wildman–Crippen MR) is 108 cm³/mol. The summed E-state index contributed by atoms with van der Waals surface area (Å²) in [5.74, 6) is 0.00742. The van der Waals surface area contributed by atoms with Crippen LogP contribution < -0.4 is 20.5 Å². The van der Waals surface area contributed by atoms with E-state index in [1.165, 1.54) is 25.3 Å². The zero-order valence-electron chi connectivity index (χ0n) is 15.4. The third kappa shape index (κ3) is 6.42. The van der Waals surface area contributed by atoms with Crippen molar-refractivity contribution in [3.63, 3.8) is 0 Å². The fourth-order valence-corrected chi connectivity index (χ4v) is 3.26. The molecular formula is C18H24ClN3O4S. The molecule has 2 aromatic rings. The number of carbonyl (C=O) groups excluding carboxylic acids is 1. The number of hydrogen-bond donors (Lipinski definition) is 3. The Morgan fingerprint density at radius 2 is 1.81 bits per heavy atom. The van der Waals surface area contributed by atoms with E-state index in [1.54, 1.807) is 44.2 Å². The summed E-state index contributed by atoms with van der Waals surface area (Å²) in [5, 5.41) is 2.69. The number of rotatable bonds is 7. The second-order valence-corrected chi connectivity index (χ2v) is 8.19. The first-order chi connectivity index (χ1) is 12.1. The number of sulfonamides is 1. The lowest BCUT2D eigenvalue weighted by molar-refractivity contribution is 0.0946. The lowest BCUT2D eigenvalue weighted by Crippen LogP contribution is -2.45. The number of nitrogens with one attached hydrogen (secondary N) is 2. The third-order valence-electron chi connectivity index (χ3n) is 3.46. The van der Waals surface area contributed by atoms with E-state index in [0.717, 1.165) is 0 Å². The highest BCUT2D eigenvalue weighted by molar-refractivity contribution is 7.92. The van der Waals surface area contributed by atoms with E-state index in [-0.39, 0.29) is 29.4 Å². The Hall–Kier alpha value is -2.29. The van der Waals surface area contributed by atoms with Crippen LogP contribution in [-0.4, -0.2) is 33.5 Å². The Kier molecular flexibility index (Phi) is 7.65. The van der Waals surface area contributed by atoms with Gasteiger partial charge in [0, 0.05) is 17.6 Å². The van der Waals surface area contributed by atoms with E-state index >= 15 is 0 Å². The minimum absolute atomic E-state index is 0. The first-order valence-corrected chi connectivity index (χ1v) is 9.44. The maximum absolute atomic E-state index is 12.6. The van der Waals surface area contributed by atoms with Gasteiger partial charge in [-0.1, -0.05) is 18.2 Å². The summed E-state index contributed by atoms with van der Waals surface area (Å²) in [4.78, 5) is 12.2. The largest absolute Gasteiger partial charge is 0.495 e. The smallest absolute Gasteiger partial charge is 0.262 e. The van der Waals surface area contributed by atoms with Crippen LogP contribution in [0.1, 0.15) is 24.2 Å². The van der Waals surface area contributed by atoms with Crippen molar-refractivity contribution in [1.82, 2.24) is 5.32 Å². The van der Waals surface area contributed by atoms with Crippen LogP contribution in [0.15, 0.2) is 53.4 Å². The lowest BCUT2D eigenvalue weighted by Gasteiger charge is -2.19. The highest BCUT2D eigenvalue weighted by Crippen LogP contribution is 2.26. The van der Waals surface area contributed by atoms with Gasteiger partial charge in [-0.2, -0.15) is 0 Å². The first-order valence-electron chi connectivity index (χ1n) is 7.95. The van der Waals surface area contributed by atoms with Gasteiger partial charge in [0.1, 0.15) is 5.75 Å². The highest BCUT2D eigenvalue weighted by Gasteiger charge is 2.19. The molecule has 0 spiro atoms. The van der Waals surface area contributed by atoms with Gasteiger partial charge in [-0.15, -0.1) is 12.4 Å². The lowest BCUT2D eigenvalue weighted by atomic mass is 10.1. The minimum atomic E-state index is -3.88. The van der Waals surface area contributed by atoms with Crippen LogP contribution >= 0.6 is 12.4 Å². The molecule has 2 aromatic carbocycles. The van der Waals surface area contributed by atoms with Crippen molar-refractivity contribution in [3.8, 4) is 5.75 Å². The predicted octanol–water partition coefficient (Wildman–Crippen LogP) is 2.38. The topological polar surface area (TPSA) is 111 Å². The highest BCUT2D eigenvalue weighted by atomic mass is 35.5. The second kappa shape index (κ2) is 9.07. The molecule has 0 bridgehead atoms. The molecule has 0 atom stereocenters. The molecule has 9 heteroatoms. The van der Waals surface area contributed by atoms with Crippen molar-refractivity contribution in [3.05, 3.63) is 54.1 Å². The van der Waals surface area contributed by atoms with E-state index < -0.39 is 21.5 Å². The van der Waals surface area contributed by atoms with Crippen LogP contribution in [-0.2, 0) is 10.0 Å². The maximum atomic E-state index is 12.6. The number of para-hydroxylation sites is 2. The fourth-order valence-electron chi connectivity index (χ4n) is 2.15. The number of carbonyl (C=O) groups is 1. The summed E-state index contributed by atoms with van der Waals surface area (Å²) in [6, 6.07) is 12.5. The Balaban J connectivity index is 0.00000364. The third-order valence-corrected chi connectivity index (χ3v) is 4.83. The van der Waals surface area contributed by atoms with Gasteiger partial charge >= 0.3 is 0 Å². The van der Waals surface area contributed by atoms with Crippen LogP contribution in [0.5, 0.6) is 5.75 Å². The summed E-state index contributed by atoms with van der Waals surface area (Å²) in [5.41, 5.74) is 5.83. The molecule has 2 rings (SSSR count). The Bertz CT molecular complexity index is 895. The van der Waals surface area contributed by atoms with Crippen molar-refractivity contribution in [2.45, 2.75) is 24.3 Å². The van der Waals surface area contributed by atoms with Crippen molar-refractivity contribution < 1.29 is 17.9 Å². The summed E-state index contributed by atoms with van der Waals surface area (Å²) in [6.45, 7) is 3.83. The first kappa shape index (κ1) is 22.8. The fraction of sp³-hybridized carbons (Fsp3) is 0.278. The van der Waals surface area contributed by atoms with Crippen molar-refractivity contribution in [1.29, 1.82) is 0 Å². The molecule has 27 heavy (non-hydrogen) atoms. The molecule has 0 saturated heterocycles. The quantitative estimate of drug-likeness (QED) is 0.645. The monoisotopic (exact) mass is 413 g/mol. The minimum Gasteiger partial charge on any atom is -0.495 e. The van der Waals surface area contributed by atoms with E-state index in [4.69, 9.17) is 10.5 Å². The molecule has 7 nitrogen and oxygen atoms in total. The standard InChI is InChI=1S/C18H23N3O4S.ClH/c1-18(2,19)12-20-17(22)13-7-6-8-14(11-13)26(23,24)21-15-9-4-5-10-16(15)25-3;/h4-11,21H,12,19H2,1-3H3,(H,20,22);1H. The van der Waals surface area contributed by atoms with Crippen LogP contribution in [0.4, 0.5) is 5.69 Å². The summed E-state index contributed by atoms with van der Waals surface area (Å²) < 4.78 is 32.9. The number of nitrogens with two attached hydrogens (primary N) is 1. The van der Waals surface area contributed by atoms with Crippen molar-refractivity contribution in [2.75, 3.05) is 18.4 Å². The number of hydrogen-bond acceptors (Lipinski definition) is 5. The van der Waals surface area contributed by atoms with Gasteiger partial charge in [-0.3, -0.25) is 9.52 Å². The van der Waals surface area contributed by atoms with Crippen molar-refractivity contribution in [2.24, 2.45) is 5.73 Å². The van der Waals surface area contributed by atoms with Crippen LogP contribution in [0.25, 0.3) is 0 Å². The van der Waals surface area contributed by atoms with E-state index in [0.29, 0.717) is 11.4 Å². The normalized spacial score (nSPS) is 11.3. The molecule has 0 unspecified atom stereocenters. The SMILES string of the molecule is COc1ccccc1NS(=O)(=O)c1cccc(C(=O)NCC(C)(C)N)c1.Cl. The maximum Gasteiger partial charge on any atom is 0.262 e. The zero-order valence-corrected chi connectivity index (χ0v) is 17.0. The molecule has 0 aliphatic rings. The van der Waals surface area contributed by atoms with Gasteiger partial charge in [0.25, 0.3) is 15.9 Å². The summed E-state index contributed by atoms with van der Waals surface area (Å²) in [7, 11) is -2.42. The Morgan fingerprint density at radius 1 is 1.15 bits per heavy atom. The number of anilines is 1. The Morgan fingerprint density at radius 3 is 2.44 bits per heavy atom. The molecule has 0 saturated carbocycles. The molecule has 0 aliphatic carbocycles. The molecule has 4 N–H and O–H groups in total. The number of methoxy groups -OCH3 is 1.